The molecule has 0 aromatic heterocycles. The first kappa shape index (κ1) is 23.7. The second-order valence-electron chi connectivity index (χ2n) is 7.20. The number of nitrogens with zero attached hydrogens (tertiary/aromatic N) is 1. The van der Waals surface area contributed by atoms with Crippen molar-refractivity contribution in [2.45, 2.75) is 13.0 Å². The average molecular weight is 465 g/mol. The first-order valence-corrected chi connectivity index (χ1v) is 11.7. The normalized spacial score (nSPS) is 13.8. The van der Waals surface area contributed by atoms with Crippen LogP contribution in [-0.2, 0) is 23.0 Å². The number of methoxy groups -OCH3 is 4. The van der Waals surface area contributed by atoms with E-state index in [0.717, 1.165) is 16.9 Å². The zero-order valence-corrected chi connectivity index (χ0v) is 19.5. The van der Waals surface area contributed by atoms with Gasteiger partial charge in [-0.1, -0.05) is 6.07 Å². The molecular weight excluding hydrogens is 436 g/mol. The van der Waals surface area contributed by atoms with Gasteiger partial charge in [-0.3, -0.25) is 4.79 Å². The molecular formula is C22H28N2O7S. The molecule has 0 spiro atoms. The summed E-state index contributed by atoms with van der Waals surface area (Å²) < 4.78 is 48.1. The minimum absolute atomic E-state index is 0.0240. The van der Waals surface area contributed by atoms with Crippen LogP contribution in [-0.4, -0.2) is 65.9 Å². The van der Waals surface area contributed by atoms with Gasteiger partial charge in [0.25, 0.3) is 5.91 Å². The van der Waals surface area contributed by atoms with Gasteiger partial charge in [0.15, 0.2) is 11.5 Å². The molecule has 1 amide bonds. The van der Waals surface area contributed by atoms with E-state index in [9.17, 15) is 13.2 Å². The van der Waals surface area contributed by atoms with Gasteiger partial charge in [0.05, 0.1) is 34.2 Å². The fourth-order valence-electron chi connectivity index (χ4n) is 3.60. The number of nitrogens with one attached hydrogen (secondary N) is 1. The number of amides is 1. The van der Waals surface area contributed by atoms with E-state index in [1.165, 1.54) is 37.8 Å². The maximum absolute atomic E-state index is 12.8. The number of carbonyl (C=O) groups is 1. The predicted octanol–water partition coefficient (Wildman–Crippen LogP) is 1.84. The summed E-state index contributed by atoms with van der Waals surface area (Å²) in [6, 6.07) is 8.69. The predicted molar refractivity (Wildman–Crippen MR) is 119 cm³/mol. The second-order valence-corrected chi connectivity index (χ2v) is 9.29. The molecule has 0 unspecified atom stereocenters. The van der Waals surface area contributed by atoms with Crippen LogP contribution in [0.15, 0.2) is 30.3 Å². The number of hydrogen-bond donors (Lipinski definition) is 1. The highest BCUT2D eigenvalue weighted by Gasteiger charge is 2.27. The quantitative estimate of drug-likeness (QED) is 0.604. The number of benzene rings is 2. The van der Waals surface area contributed by atoms with Gasteiger partial charge in [-0.25, -0.2) is 8.42 Å². The number of carbonyl (C=O) groups excluding carboxylic acids is 1. The number of rotatable bonds is 9. The summed E-state index contributed by atoms with van der Waals surface area (Å²) >= 11 is 0. The molecule has 0 bridgehead atoms. The fraction of sp³-hybridized carbons (Fsp3) is 0.409. The minimum atomic E-state index is -3.54. The Morgan fingerprint density at radius 1 is 0.969 bits per heavy atom. The molecule has 174 valence electrons. The van der Waals surface area contributed by atoms with Gasteiger partial charge in [-0.05, 0) is 41.8 Å². The molecule has 1 aliphatic heterocycles. The maximum Gasteiger partial charge on any atom is 0.251 e. The van der Waals surface area contributed by atoms with Crippen molar-refractivity contribution in [1.82, 2.24) is 9.62 Å². The van der Waals surface area contributed by atoms with Crippen LogP contribution in [0.25, 0.3) is 0 Å². The molecule has 0 atom stereocenters. The Morgan fingerprint density at radius 3 is 2.25 bits per heavy atom. The van der Waals surface area contributed by atoms with E-state index in [1.54, 1.807) is 7.11 Å². The lowest BCUT2D eigenvalue weighted by Crippen LogP contribution is -2.40. The Labute approximate surface area is 188 Å². The number of ether oxygens (including phenoxy) is 4. The third kappa shape index (κ3) is 5.08. The van der Waals surface area contributed by atoms with Gasteiger partial charge in [0.2, 0.25) is 15.8 Å². The highest BCUT2D eigenvalue weighted by Crippen LogP contribution is 2.38. The Hall–Kier alpha value is -2.98. The molecule has 1 heterocycles. The van der Waals surface area contributed by atoms with Crippen molar-refractivity contribution in [2.75, 3.05) is 47.3 Å². The first-order chi connectivity index (χ1) is 15.3. The van der Waals surface area contributed by atoms with Crippen LogP contribution < -0.4 is 24.3 Å². The molecule has 1 aliphatic rings. The summed E-state index contributed by atoms with van der Waals surface area (Å²) in [5.41, 5.74) is 2.33. The SMILES string of the molecule is COc1ccc2c(c1)CCN(S(=O)(=O)CCNC(=O)c1cc(OC)c(OC)c(OC)c1)C2. The van der Waals surface area contributed by atoms with Crippen molar-refractivity contribution in [3.05, 3.63) is 47.0 Å². The molecule has 2 aromatic carbocycles. The van der Waals surface area contributed by atoms with Crippen molar-refractivity contribution < 1.29 is 32.2 Å². The summed E-state index contributed by atoms with van der Waals surface area (Å²) in [4.78, 5) is 12.6. The van der Waals surface area contributed by atoms with E-state index in [-0.39, 0.29) is 17.9 Å². The summed E-state index contributed by atoms with van der Waals surface area (Å²) in [5.74, 6) is 1.18. The van der Waals surface area contributed by atoms with Gasteiger partial charge in [0, 0.05) is 25.2 Å². The highest BCUT2D eigenvalue weighted by molar-refractivity contribution is 7.89. The van der Waals surface area contributed by atoms with Crippen molar-refractivity contribution >= 4 is 15.9 Å². The Balaban J connectivity index is 1.62. The Bertz CT molecular complexity index is 1060. The Morgan fingerprint density at radius 2 is 1.66 bits per heavy atom. The van der Waals surface area contributed by atoms with Crippen molar-refractivity contribution in [1.29, 1.82) is 0 Å². The van der Waals surface area contributed by atoms with E-state index in [1.807, 2.05) is 18.2 Å². The van der Waals surface area contributed by atoms with Crippen LogP contribution in [0, 0.1) is 0 Å². The zero-order valence-electron chi connectivity index (χ0n) is 18.6. The van der Waals surface area contributed by atoms with Gasteiger partial charge < -0.3 is 24.3 Å². The summed E-state index contributed by atoms with van der Waals surface area (Å²) in [5, 5.41) is 2.66. The summed E-state index contributed by atoms with van der Waals surface area (Å²) in [7, 11) is 2.45. The van der Waals surface area contributed by atoms with Gasteiger partial charge in [0.1, 0.15) is 5.75 Å². The van der Waals surface area contributed by atoms with Crippen LogP contribution in [0.1, 0.15) is 21.5 Å². The molecule has 32 heavy (non-hydrogen) atoms. The second kappa shape index (κ2) is 10.1. The van der Waals surface area contributed by atoms with E-state index in [0.29, 0.717) is 36.8 Å². The van der Waals surface area contributed by atoms with Crippen LogP contribution in [0.5, 0.6) is 23.0 Å². The lowest BCUT2D eigenvalue weighted by molar-refractivity contribution is 0.0955. The third-order valence-electron chi connectivity index (χ3n) is 5.36. The van der Waals surface area contributed by atoms with E-state index < -0.39 is 15.9 Å². The van der Waals surface area contributed by atoms with E-state index in [2.05, 4.69) is 5.32 Å². The van der Waals surface area contributed by atoms with Gasteiger partial charge in [-0.15, -0.1) is 0 Å². The zero-order chi connectivity index (χ0) is 23.3. The lowest BCUT2D eigenvalue weighted by atomic mass is 10.0. The van der Waals surface area contributed by atoms with Crippen molar-refractivity contribution in [3.8, 4) is 23.0 Å². The summed E-state index contributed by atoms with van der Waals surface area (Å²) in [6.07, 6.45) is 0.615. The monoisotopic (exact) mass is 464 g/mol. The fourth-order valence-corrected chi connectivity index (χ4v) is 4.93. The molecule has 1 N–H and O–H groups in total. The van der Waals surface area contributed by atoms with Crippen LogP contribution in [0.4, 0.5) is 0 Å². The van der Waals surface area contributed by atoms with Crippen LogP contribution in [0.3, 0.4) is 0 Å². The maximum atomic E-state index is 12.8. The minimum Gasteiger partial charge on any atom is -0.497 e. The molecule has 10 heteroatoms. The molecule has 0 fully saturated rings. The van der Waals surface area contributed by atoms with Crippen LogP contribution in [0.2, 0.25) is 0 Å². The smallest absolute Gasteiger partial charge is 0.251 e. The lowest BCUT2D eigenvalue weighted by Gasteiger charge is -2.28. The largest absolute Gasteiger partial charge is 0.497 e. The molecule has 9 nitrogen and oxygen atoms in total. The number of fused-ring (bicyclic) bond motifs is 1. The average Bonchev–Trinajstić information content (AvgIpc) is 2.81. The molecule has 2 aromatic rings. The summed E-state index contributed by atoms with van der Waals surface area (Å²) in [6.45, 7) is 0.676. The van der Waals surface area contributed by atoms with Crippen molar-refractivity contribution in [2.24, 2.45) is 0 Å². The van der Waals surface area contributed by atoms with Gasteiger partial charge in [-0.2, -0.15) is 4.31 Å². The molecule has 0 aliphatic carbocycles. The molecule has 0 saturated carbocycles. The molecule has 0 saturated heterocycles. The third-order valence-corrected chi connectivity index (χ3v) is 7.18. The highest BCUT2D eigenvalue weighted by atomic mass is 32.2. The van der Waals surface area contributed by atoms with Gasteiger partial charge >= 0.3 is 0 Å². The van der Waals surface area contributed by atoms with Crippen molar-refractivity contribution in [3.63, 3.8) is 0 Å². The number of hydrogen-bond acceptors (Lipinski definition) is 7. The first-order valence-electron chi connectivity index (χ1n) is 10.0. The topological polar surface area (TPSA) is 103 Å². The van der Waals surface area contributed by atoms with E-state index >= 15 is 0 Å². The Kier molecular flexibility index (Phi) is 7.47. The molecule has 3 rings (SSSR count). The van der Waals surface area contributed by atoms with Crippen LogP contribution >= 0.6 is 0 Å². The number of sulfonamides is 1. The van der Waals surface area contributed by atoms with E-state index in [4.69, 9.17) is 18.9 Å². The standard InChI is InChI=1S/C22H28N2O7S/c1-28-18-6-5-16-14-24(9-7-15(16)11-18)32(26,27)10-8-23-22(25)17-12-19(29-2)21(31-4)20(13-17)30-3/h5-6,11-13H,7-10,14H2,1-4H3,(H,23,25). The molecule has 0 radical (unpaired) electrons.